The highest BCUT2D eigenvalue weighted by Crippen LogP contribution is 2.60. The van der Waals surface area contributed by atoms with Gasteiger partial charge >= 0.3 is 6.03 Å². The van der Waals surface area contributed by atoms with Gasteiger partial charge in [0.05, 0.1) is 17.3 Å². The molecule has 0 aromatic heterocycles. The molecule has 2 aromatic rings. The average molecular weight is 505 g/mol. The zero-order chi connectivity index (χ0) is 25.0. The molecule has 1 N–H and O–H groups in total. The van der Waals surface area contributed by atoms with Crippen LogP contribution in [0.2, 0.25) is 5.02 Å². The lowest BCUT2D eigenvalue weighted by atomic mass is 9.48. The second-order valence-electron chi connectivity index (χ2n) is 10.8. The lowest BCUT2D eigenvalue weighted by molar-refractivity contribution is -0.122. The highest BCUT2D eigenvalue weighted by atomic mass is 35.5. The van der Waals surface area contributed by atoms with E-state index in [0.29, 0.717) is 28.6 Å². The van der Waals surface area contributed by atoms with Crippen LogP contribution in [0.15, 0.2) is 48.0 Å². The molecule has 5 aliphatic rings. The van der Waals surface area contributed by atoms with Gasteiger partial charge < -0.3 is 4.74 Å². The summed E-state index contributed by atoms with van der Waals surface area (Å²) in [5, 5.41) is 2.68. The van der Waals surface area contributed by atoms with Crippen molar-refractivity contribution >= 4 is 41.2 Å². The zero-order valence-corrected chi connectivity index (χ0v) is 21.0. The van der Waals surface area contributed by atoms with Crippen LogP contribution in [0.25, 0.3) is 6.08 Å². The third-order valence-electron chi connectivity index (χ3n) is 8.44. The van der Waals surface area contributed by atoms with Gasteiger partial charge in [-0.25, -0.2) is 9.69 Å². The van der Waals surface area contributed by atoms with Gasteiger partial charge in [-0.05, 0) is 110 Å². The number of ether oxygens (including phenoxy) is 1. The maximum Gasteiger partial charge on any atom is 0.335 e. The number of nitrogens with one attached hydrogen (secondary N) is 1. The molecule has 4 saturated carbocycles. The Morgan fingerprint density at radius 2 is 1.64 bits per heavy atom. The minimum absolute atomic E-state index is 0.125. The molecule has 0 radical (unpaired) electrons. The number of carbonyl (C=O) groups excluding carboxylic acids is 3. The van der Waals surface area contributed by atoms with E-state index in [4.69, 9.17) is 16.3 Å². The first-order chi connectivity index (χ1) is 17.3. The van der Waals surface area contributed by atoms with Gasteiger partial charge in [0.2, 0.25) is 0 Å². The molecule has 0 unspecified atom stereocenters. The first kappa shape index (κ1) is 23.3. The number of hydrogen-bond donors (Lipinski definition) is 1. The Morgan fingerprint density at radius 3 is 2.22 bits per heavy atom. The lowest BCUT2D eigenvalue weighted by Crippen LogP contribution is -2.54. The predicted molar refractivity (Wildman–Crippen MR) is 138 cm³/mol. The highest BCUT2D eigenvalue weighted by Gasteiger charge is 2.51. The number of halogens is 1. The fraction of sp³-hybridized carbons (Fsp3) is 0.414. The number of urea groups is 1. The van der Waals surface area contributed by atoms with Crippen LogP contribution >= 0.6 is 11.6 Å². The molecule has 7 heteroatoms. The number of imide groups is 2. The van der Waals surface area contributed by atoms with E-state index >= 15 is 0 Å². The highest BCUT2D eigenvalue weighted by molar-refractivity contribution is 6.39. The van der Waals surface area contributed by atoms with Crippen LogP contribution in [0.1, 0.15) is 56.6 Å². The van der Waals surface area contributed by atoms with Crippen LogP contribution in [0.3, 0.4) is 0 Å². The number of rotatable bonds is 5. The van der Waals surface area contributed by atoms with Gasteiger partial charge in [-0.3, -0.25) is 14.9 Å². The Labute approximate surface area is 215 Å². The molecular formula is C29H29ClN2O4. The van der Waals surface area contributed by atoms with Crippen LogP contribution < -0.4 is 15.0 Å². The van der Waals surface area contributed by atoms with Crippen molar-refractivity contribution in [2.75, 3.05) is 11.5 Å². The fourth-order valence-corrected chi connectivity index (χ4v) is 7.61. The summed E-state index contributed by atoms with van der Waals surface area (Å²) >= 11 is 6.27. The smallest absolute Gasteiger partial charge is 0.335 e. The van der Waals surface area contributed by atoms with E-state index in [9.17, 15) is 14.4 Å². The van der Waals surface area contributed by atoms with Gasteiger partial charge in [-0.2, -0.15) is 0 Å². The van der Waals surface area contributed by atoms with Crippen molar-refractivity contribution in [2.24, 2.45) is 17.8 Å². The molecule has 1 heterocycles. The minimum Gasteiger partial charge on any atom is -0.492 e. The van der Waals surface area contributed by atoms with Crippen LogP contribution in [-0.4, -0.2) is 24.5 Å². The van der Waals surface area contributed by atoms with Crippen molar-refractivity contribution in [2.45, 2.75) is 50.9 Å². The molecule has 1 saturated heterocycles. The fourth-order valence-electron chi connectivity index (χ4n) is 7.37. The summed E-state index contributed by atoms with van der Waals surface area (Å²) in [6, 6.07) is 12.1. The van der Waals surface area contributed by atoms with Crippen molar-refractivity contribution in [1.29, 1.82) is 0 Å². The van der Waals surface area contributed by atoms with Gasteiger partial charge in [0.1, 0.15) is 11.3 Å². The van der Waals surface area contributed by atoms with E-state index in [1.807, 2.05) is 19.1 Å². The molecule has 5 fully saturated rings. The van der Waals surface area contributed by atoms with Crippen molar-refractivity contribution in [3.63, 3.8) is 0 Å². The number of amides is 4. The van der Waals surface area contributed by atoms with Crippen molar-refractivity contribution in [1.82, 2.24) is 5.32 Å². The Hall–Kier alpha value is -3.12. The van der Waals surface area contributed by atoms with E-state index in [0.717, 1.165) is 22.7 Å². The summed E-state index contributed by atoms with van der Waals surface area (Å²) in [6.45, 7) is 2.33. The van der Waals surface area contributed by atoms with E-state index < -0.39 is 17.8 Å². The summed E-state index contributed by atoms with van der Waals surface area (Å²) in [4.78, 5) is 39.6. The molecule has 4 bridgehead atoms. The number of hydrogen-bond acceptors (Lipinski definition) is 4. The molecular weight excluding hydrogens is 476 g/mol. The largest absolute Gasteiger partial charge is 0.492 e. The second-order valence-corrected chi connectivity index (χ2v) is 11.2. The Balaban J connectivity index is 1.27. The number of carbonyl (C=O) groups is 3. The third-order valence-corrected chi connectivity index (χ3v) is 8.74. The zero-order valence-electron chi connectivity index (χ0n) is 20.3. The maximum atomic E-state index is 13.3. The molecule has 4 aliphatic carbocycles. The number of benzene rings is 2. The average Bonchev–Trinajstić information content (AvgIpc) is 2.83. The number of anilines is 1. The van der Waals surface area contributed by atoms with Gasteiger partial charge in [0, 0.05) is 0 Å². The third kappa shape index (κ3) is 3.92. The summed E-state index contributed by atoms with van der Waals surface area (Å²) in [7, 11) is 0. The van der Waals surface area contributed by atoms with E-state index in [1.54, 1.807) is 18.2 Å². The predicted octanol–water partition coefficient (Wildman–Crippen LogP) is 5.87. The van der Waals surface area contributed by atoms with Gasteiger partial charge in [0.15, 0.2) is 0 Å². The first-order valence-electron chi connectivity index (χ1n) is 12.8. The van der Waals surface area contributed by atoms with Gasteiger partial charge in [-0.1, -0.05) is 29.8 Å². The van der Waals surface area contributed by atoms with Crippen molar-refractivity contribution in [3.8, 4) is 5.75 Å². The molecule has 36 heavy (non-hydrogen) atoms. The second kappa shape index (κ2) is 8.77. The van der Waals surface area contributed by atoms with E-state index in [1.165, 1.54) is 50.2 Å². The molecule has 1 aliphatic heterocycles. The number of nitrogens with zero attached hydrogens (tertiary/aromatic N) is 1. The normalized spacial score (nSPS) is 30.2. The summed E-state index contributed by atoms with van der Waals surface area (Å²) in [5.41, 5.74) is 2.43. The molecule has 0 spiro atoms. The van der Waals surface area contributed by atoms with Crippen molar-refractivity contribution in [3.05, 3.63) is 64.2 Å². The van der Waals surface area contributed by atoms with Gasteiger partial charge in [0.25, 0.3) is 11.8 Å². The molecule has 2 aromatic carbocycles. The summed E-state index contributed by atoms with van der Waals surface area (Å²) in [5.74, 6) is 1.64. The molecule has 6 nitrogen and oxygen atoms in total. The van der Waals surface area contributed by atoms with Crippen LogP contribution in [-0.2, 0) is 15.0 Å². The minimum atomic E-state index is -0.741. The van der Waals surface area contributed by atoms with Crippen LogP contribution in [0, 0.1) is 17.8 Å². The first-order valence-corrected chi connectivity index (χ1v) is 13.2. The topological polar surface area (TPSA) is 75.7 Å². The van der Waals surface area contributed by atoms with Gasteiger partial charge in [-0.15, -0.1) is 0 Å². The standard InChI is InChI=1S/C29H29ClN2O4/c1-2-36-25-8-3-17(13-24(25)30)12-23-26(33)31-28(35)32(27(23)34)22-6-4-21(5-7-22)29-14-18-9-19(15-29)11-20(10-18)16-29/h3-8,12-13,18-20H,2,9-11,14-16H2,1H3,(H,31,33,35)/b23-12+. The molecule has 4 amide bonds. The molecule has 186 valence electrons. The quantitative estimate of drug-likeness (QED) is 0.408. The summed E-state index contributed by atoms with van der Waals surface area (Å²) in [6.07, 6.45) is 9.31. The van der Waals surface area contributed by atoms with Crippen LogP contribution in [0.4, 0.5) is 10.5 Å². The molecule has 7 rings (SSSR count). The lowest BCUT2D eigenvalue weighted by Gasteiger charge is -2.57. The SMILES string of the molecule is CCOc1ccc(/C=C2\C(=O)NC(=O)N(c3ccc(C45CC6CC(CC(C6)C4)C5)cc3)C2=O)cc1Cl. The maximum absolute atomic E-state index is 13.3. The Morgan fingerprint density at radius 1 is 1.00 bits per heavy atom. The summed E-state index contributed by atoms with van der Waals surface area (Å²) < 4.78 is 5.45. The van der Waals surface area contributed by atoms with E-state index in [2.05, 4.69) is 17.4 Å². The monoisotopic (exact) mass is 504 g/mol. The molecule has 0 atom stereocenters. The Kier molecular flexibility index (Phi) is 5.67. The number of barbiturate groups is 1. The Bertz CT molecular complexity index is 1250. The van der Waals surface area contributed by atoms with E-state index in [-0.39, 0.29) is 11.0 Å². The van der Waals surface area contributed by atoms with Crippen molar-refractivity contribution < 1.29 is 19.1 Å². The van der Waals surface area contributed by atoms with Crippen LogP contribution in [0.5, 0.6) is 5.75 Å².